The average molecular weight is 454 g/mol. The summed E-state index contributed by atoms with van der Waals surface area (Å²) in [6.45, 7) is 0.728. The van der Waals surface area contributed by atoms with Crippen molar-refractivity contribution in [3.05, 3.63) is 78.1 Å². The number of para-hydroxylation sites is 4. The van der Waals surface area contributed by atoms with E-state index in [1.54, 1.807) is 18.4 Å². The molecule has 2 heterocycles. The van der Waals surface area contributed by atoms with Gasteiger partial charge in [-0.15, -0.1) is 0 Å². The average Bonchev–Trinajstić information content (AvgIpc) is 3.46. The maximum absolute atomic E-state index is 6.17. The Hall–Kier alpha value is -3.64. The number of ether oxygens (including phenoxy) is 2. The van der Waals surface area contributed by atoms with Crippen molar-refractivity contribution in [2.45, 2.75) is 12.8 Å². The van der Waals surface area contributed by atoms with E-state index in [1.165, 1.54) is 12.8 Å². The fourth-order valence-corrected chi connectivity index (χ4v) is 4.93. The van der Waals surface area contributed by atoms with Crippen molar-refractivity contribution in [1.29, 1.82) is 0 Å². The van der Waals surface area contributed by atoms with E-state index in [4.69, 9.17) is 19.4 Å². The maximum atomic E-state index is 6.17. The van der Waals surface area contributed by atoms with Gasteiger partial charge in [-0.05, 0) is 61.2 Å². The summed E-state index contributed by atoms with van der Waals surface area (Å²) >= 11 is 1.67. The van der Waals surface area contributed by atoms with Gasteiger partial charge in [-0.3, -0.25) is 4.57 Å². The van der Waals surface area contributed by atoms with E-state index in [0.717, 1.165) is 55.9 Å². The number of aromatic nitrogens is 3. The lowest BCUT2D eigenvalue weighted by atomic mass is 10.1. The first-order chi connectivity index (χ1) is 16.3. The molecule has 0 unspecified atom stereocenters. The van der Waals surface area contributed by atoms with Crippen molar-refractivity contribution in [2.75, 3.05) is 13.7 Å². The third kappa shape index (κ3) is 3.87. The molecule has 6 rings (SSSR count). The number of benzene rings is 3. The molecule has 5 aromatic rings. The van der Waals surface area contributed by atoms with Crippen molar-refractivity contribution in [1.82, 2.24) is 14.5 Å². The molecule has 0 aliphatic heterocycles. The van der Waals surface area contributed by atoms with Crippen molar-refractivity contribution in [3.8, 4) is 16.6 Å². The minimum absolute atomic E-state index is 0.662. The number of methoxy groups -OCH3 is 1. The van der Waals surface area contributed by atoms with Crippen molar-refractivity contribution in [2.24, 2.45) is 5.92 Å². The number of fused-ring (bicyclic) bond motifs is 2. The van der Waals surface area contributed by atoms with E-state index in [9.17, 15) is 0 Å². The molecule has 1 fully saturated rings. The summed E-state index contributed by atoms with van der Waals surface area (Å²) < 4.78 is 15.0. The normalized spacial score (nSPS) is 13.8. The second-order valence-corrected chi connectivity index (χ2v) is 9.23. The Morgan fingerprint density at radius 2 is 1.76 bits per heavy atom. The van der Waals surface area contributed by atoms with Crippen LogP contribution in [0.1, 0.15) is 24.2 Å². The number of rotatable bonds is 7. The highest BCUT2D eigenvalue weighted by Gasteiger charge is 2.23. The lowest BCUT2D eigenvalue weighted by molar-refractivity contribution is 0.280. The summed E-state index contributed by atoms with van der Waals surface area (Å²) in [4.78, 5) is 9.79. The molecule has 0 amide bonds. The Morgan fingerprint density at radius 1 is 0.939 bits per heavy atom. The molecule has 1 aliphatic carbocycles. The van der Waals surface area contributed by atoms with Crippen LogP contribution < -0.4 is 9.47 Å². The minimum atomic E-state index is 0.662. The van der Waals surface area contributed by atoms with Gasteiger partial charge < -0.3 is 9.47 Å². The van der Waals surface area contributed by atoms with Crippen LogP contribution >= 0.6 is 11.3 Å². The van der Waals surface area contributed by atoms with Gasteiger partial charge in [-0.25, -0.2) is 9.97 Å². The summed E-state index contributed by atoms with van der Waals surface area (Å²) in [7, 11) is 1.68. The molecular weight excluding hydrogens is 430 g/mol. The fourth-order valence-electron chi connectivity index (χ4n) is 3.94. The fraction of sp³-hybridized carbons (Fsp3) is 0.185. The largest absolute Gasteiger partial charge is 0.493 e. The Bertz CT molecular complexity index is 1450. The van der Waals surface area contributed by atoms with Gasteiger partial charge in [0.15, 0.2) is 16.6 Å². The molecule has 0 atom stereocenters. The summed E-state index contributed by atoms with van der Waals surface area (Å²) in [6, 6.07) is 22.3. The molecule has 0 spiro atoms. The smallest absolute Gasteiger partial charge is 0.196 e. The van der Waals surface area contributed by atoms with Crippen molar-refractivity contribution >= 4 is 44.7 Å². The first-order valence-corrected chi connectivity index (χ1v) is 11.9. The van der Waals surface area contributed by atoms with E-state index < -0.39 is 0 Å². The number of imidazole rings is 1. The maximum Gasteiger partial charge on any atom is 0.196 e. The van der Waals surface area contributed by atoms with Gasteiger partial charge in [0.2, 0.25) is 0 Å². The first-order valence-electron chi connectivity index (χ1n) is 11.1. The zero-order valence-electron chi connectivity index (χ0n) is 18.3. The number of hydrogen-bond acceptors (Lipinski definition) is 5. The first kappa shape index (κ1) is 20.0. The number of hydrogen-bond donors (Lipinski definition) is 0. The van der Waals surface area contributed by atoms with Crippen molar-refractivity contribution < 1.29 is 9.47 Å². The van der Waals surface area contributed by atoms with E-state index in [0.29, 0.717) is 5.92 Å². The van der Waals surface area contributed by atoms with Crippen LogP contribution in [0.15, 0.2) is 66.7 Å². The molecule has 1 saturated carbocycles. The molecule has 3 aromatic carbocycles. The molecule has 33 heavy (non-hydrogen) atoms. The summed E-state index contributed by atoms with van der Waals surface area (Å²) in [5.41, 5.74) is 3.94. The molecular formula is C27H23N3O2S. The number of nitrogens with zero attached hydrogens (tertiary/aromatic N) is 3. The highest BCUT2D eigenvalue weighted by Crippen LogP contribution is 2.36. The predicted molar refractivity (Wildman–Crippen MR) is 134 cm³/mol. The molecule has 164 valence electrons. The Kier molecular flexibility index (Phi) is 5.07. The van der Waals surface area contributed by atoms with Crippen LogP contribution in [0.25, 0.3) is 38.5 Å². The minimum Gasteiger partial charge on any atom is -0.493 e. The van der Waals surface area contributed by atoms with E-state index in [1.807, 2.05) is 60.7 Å². The highest BCUT2D eigenvalue weighted by molar-refractivity contribution is 7.20. The van der Waals surface area contributed by atoms with Gasteiger partial charge in [-0.1, -0.05) is 47.7 Å². The molecule has 1 aliphatic rings. The van der Waals surface area contributed by atoms with Crippen LogP contribution in [0.3, 0.4) is 0 Å². The Labute approximate surface area is 195 Å². The summed E-state index contributed by atoms with van der Waals surface area (Å²) in [6.07, 6.45) is 6.57. The van der Waals surface area contributed by atoms with Crippen molar-refractivity contribution in [3.63, 3.8) is 0 Å². The molecule has 0 radical (unpaired) electrons. The van der Waals surface area contributed by atoms with Gasteiger partial charge in [0.05, 0.1) is 35.0 Å². The number of thiazole rings is 1. The lowest BCUT2D eigenvalue weighted by Crippen LogP contribution is -2.02. The van der Waals surface area contributed by atoms with Crippen LogP contribution in [0.5, 0.6) is 11.5 Å². The van der Waals surface area contributed by atoms with Gasteiger partial charge in [0.1, 0.15) is 5.82 Å². The molecule has 2 aromatic heterocycles. The van der Waals surface area contributed by atoms with Gasteiger partial charge in [0.25, 0.3) is 0 Å². The van der Waals surface area contributed by atoms with Crippen LogP contribution in [0.2, 0.25) is 0 Å². The molecule has 0 N–H and O–H groups in total. The summed E-state index contributed by atoms with van der Waals surface area (Å²) in [5.74, 6) is 3.02. The zero-order chi connectivity index (χ0) is 22.2. The standard InChI is InChI=1S/C27H23N3O2S/c1-31-23-11-6-7-19(26(23)32-17-18-13-14-18)15-16-25-28-20-8-2-4-10-22(20)30(25)27-29-21-9-3-5-12-24(21)33-27/h2-12,15-16,18H,13-14,17H2,1H3/b16-15+. The van der Waals surface area contributed by atoms with Crippen LogP contribution in [-0.4, -0.2) is 28.3 Å². The zero-order valence-corrected chi connectivity index (χ0v) is 19.1. The van der Waals surface area contributed by atoms with Crippen LogP contribution in [-0.2, 0) is 0 Å². The third-order valence-corrected chi connectivity index (χ3v) is 6.88. The van der Waals surface area contributed by atoms with Gasteiger partial charge >= 0.3 is 0 Å². The van der Waals surface area contributed by atoms with E-state index in [2.05, 4.69) is 22.8 Å². The van der Waals surface area contributed by atoms with E-state index in [-0.39, 0.29) is 0 Å². The molecule has 5 nitrogen and oxygen atoms in total. The topological polar surface area (TPSA) is 49.2 Å². The van der Waals surface area contributed by atoms with E-state index >= 15 is 0 Å². The second-order valence-electron chi connectivity index (χ2n) is 8.22. The predicted octanol–water partition coefficient (Wildman–Crippen LogP) is 6.60. The second kappa shape index (κ2) is 8.37. The summed E-state index contributed by atoms with van der Waals surface area (Å²) in [5, 5.41) is 0.903. The van der Waals surface area contributed by atoms with Gasteiger partial charge in [-0.2, -0.15) is 0 Å². The molecule has 0 bridgehead atoms. The monoisotopic (exact) mass is 453 g/mol. The Morgan fingerprint density at radius 3 is 2.58 bits per heavy atom. The molecule has 6 heteroatoms. The molecule has 0 saturated heterocycles. The quantitative estimate of drug-likeness (QED) is 0.278. The van der Waals surface area contributed by atoms with Crippen LogP contribution in [0, 0.1) is 5.92 Å². The lowest BCUT2D eigenvalue weighted by Gasteiger charge is -2.13. The third-order valence-electron chi connectivity index (χ3n) is 5.86. The van der Waals surface area contributed by atoms with Gasteiger partial charge in [0, 0.05) is 5.56 Å². The SMILES string of the molecule is COc1cccc(/C=C/c2nc3ccccc3n2-c2nc3ccccc3s2)c1OCC1CC1. The highest BCUT2D eigenvalue weighted by atomic mass is 32.1. The Balaban J connectivity index is 1.44. The van der Waals surface area contributed by atoms with Crippen LogP contribution in [0.4, 0.5) is 0 Å².